The number of nitrogens with zero attached hydrogens (tertiary/aromatic N) is 2. The predicted molar refractivity (Wildman–Crippen MR) is 61.4 cm³/mol. The lowest BCUT2D eigenvalue weighted by Gasteiger charge is -2.13. The monoisotopic (exact) mass is 221 g/mol. The van der Waals surface area contributed by atoms with E-state index in [1.807, 2.05) is 6.92 Å². The Morgan fingerprint density at radius 1 is 1.62 bits per heavy atom. The predicted octanol–water partition coefficient (Wildman–Crippen LogP) is 2.51. The molecule has 1 aromatic heterocycles. The Balaban J connectivity index is 2.21. The van der Waals surface area contributed by atoms with Gasteiger partial charge in [0, 0.05) is 18.3 Å². The minimum absolute atomic E-state index is 0.0625. The summed E-state index contributed by atoms with van der Waals surface area (Å²) in [7, 11) is 0. The third kappa shape index (κ3) is 2.29. The average molecular weight is 221 g/mol. The van der Waals surface area contributed by atoms with E-state index < -0.39 is 0 Å². The molecule has 1 aromatic rings. The molecule has 1 unspecified atom stereocenters. The van der Waals surface area contributed by atoms with E-state index >= 15 is 0 Å². The van der Waals surface area contributed by atoms with Crippen molar-refractivity contribution in [2.75, 3.05) is 5.32 Å². The van der Waals surface area contributed by atoms with Crippen LogP contribution >= 0.6 is 0 Å². The largest absolute Gasteiger partial charge is 0.362 e. The van der Waals surface area contributed by atoms with Crippen molar-refractivity contribution in [3.05, 3.63) is 27.9 Å². The van der Waals surface area contributed by atoms with Gasteiger partial charge in [-0.25, -0.2) is 4.98 Å². The van der Waals surface area contributed by atoms with Gasteiger partial charge in [0.15, 0.2) is 0 Å². The van der Waals surface area contributed by atoms with Crippen LogP contribution in [0.2, 0.25) is 0 Å². The Morgan fingerprint density at radius 2 is 2.31 bits per heavy atom. The van der Waals surface area contributed by atoms with Crippen molar-refractivity contribution in [3.63, 3.8) is 0 Å². The number of nitro groups is 1. The number of anilines is 1. The smallest absolute Gasteiger partial charge is 0.311 e. The lowest BCUT2D eigenvalue weighted by molar-refractivity contribution is -0.384. The summed E-state index contributed by atoms with van der Waals surface area (Å²) in [5.74, 6) is 1.03. The van der Waals surface area contributed by atoms with E-state index in [4.69, 9.17) is 0 Å². The quantitative estimate of drug-likeness (QED) is 0.626. The second kappa shape index (κ2) is 4.08. The number of hydrogen-bond acceptors (Lipinski definition) is 4. The molecule has 1 heterocycles. The number of hydrogen-bond donors (Lipinski definition) is 1. The first kappa shape index (κ1) is 10.9. The van der Waals surface area contributed by atoms with Crippen LogP contribution < -0.4 is 5.32 Å². The van der Waals surface area contributed by atoms with Crippen LogP contribution in [0.15, 0.2) is 12.3 Å². The molecule has 1 aliphatic rings. The van der Waals surface area contributed by atoms with Gasteiger partial charge in [-0.3, -0.25) is 10.1 Å². The number of pyridine rings is 1. The van der Waals surface area contributed by atoms with Crippen LogP contribution in [0.3, 0.4) is 0 Å². The van der Waals surface area contributed by atoms with Gasteiger partial charge >= 0.3 is 5.69 Å². The van der Waals surface area contributed by atoms with Gasteiger partial charge in [0.05, 0.1) is 4.92 Å². The van der Waals surface area contributed by atoms with Crippen molar-refractivity contribution in [2.24, 2.45) is 5.92 Å². The molecule has 86 valence electrons. The van der Waals surface area contributed by atoms with Gasteiger partial charge in [-0.2, -0.15) is 0 Å². The topological polar surface area (TPSA) is 68.1 Å². The highest BCUT2D eigenvalue weighted by Gasteiger charge is 2.29. The Hall–Kier alpha value is -1.65. The van der Waals surface area contributed by atoms with Crippen LogP contribution in [-0.4, -0.2) is 15.9 Å². The Morgan fingerprint density at radius 3 is 2.88 bits per heavy atom. The van der Waals surface area contributed by atoms with Gasteiger partial charge in [-0.1, -0.05) is 0 Å². The van der Waals surface area contributed by atoms with Gasteiger partial charge < -0.3 is 5.32 Å². The highest BCUT2D eigenvalue weighted by Crippen LogP contribution is 2.35. The second-order valence-corrected chi connectivity index (χ2v) is 4.41. The number of aromatic nitrogens is 1. The molecule has 2 rings (SSSR count). The summed E-state index contributed by atoms with van der Waals surface area (Å²) >= 11 is 0. The summed E-state index contributed by atoms with van der Waals surface area (Å²) in [6.07, 6.45) is 4.05. The number of aryl methyl sites for hydroxylation is 1. The maximum atomic E-state index is 10.9. The standard InChI is InChI=1S/C11H15N3O2/c1-7-5-10(14(15)16)11(12-6-7)13-8(2)9-3-4-9/h5-6,8-9H,3-4H2,1-2H3,(H,12,13). The van der Waals surface area contributed by atoms with Gasteiger partial charge in [-0.15, -0.1) is 0 Å². The SMILES string of the molecule is Cc1cnc(NC(C)C2CC2)c([N+](=O)[O-])c1. The maximum absolute atomic E-state index is 10.9. The van der Waals surface area contributed by atoms with Crippen molar-refractivity contribution in [1.29, 1.82) is 0 Å². The normalized spacial score (nSPS) is 16.9. The van der Waals surface area contributed by atoms with Crippen molar-refractivity contribution in [2.45, 2.75) is 32.7 Å². The molecule has 5 heteroatoms. The van der Waals surface area contributed by atoms with Crippen LogP contribution in [0.5, 0.6) is 0 Å². The highest BCUT2D eigenvalue weighted by atomic mass is 16.6. The third-order valence-electron chi connectivity index (χ3n) is 2.89. The molecular weight excluding hydrogens is 206 g/mol. The molecule has 0 bridgehead atoms. The average Bonchev–Trinajstić information content (AvgIpc) is 3.03. The van der Waals surface area contributed by atoms with E-state index in [9.17, 15) is 10.1 Å². The van der Waals surface area contributed by atoms with Gasteiger partial charge in [0.2, 0.25) is 5.82 Å². The zero-order valence-corrected chi connectivity index (χ0v) is 9.43. The van der Waals surface area contributed by atoms with Crippen LogP contribution in [-0.2, 0) is 0 Å². The molecule has 1 aliphatic carbocycles. The third-order valence-corrected chi connectivity index (χ3v) is 2.89. The Kier molecular flexibility index (Phi) is 2.77. The Bertz CT molecular complexity index is 416. The molecule has 5 nitrogen and oxygen atoms in total. The summed E-state index contributed by atoms with van der Waals surface area (Å²) in [6.45, 7) is 3.84. The van der Waals surface area contributed by atoms with Crippen LogP contribution in [0, 0.1) is 23.0 Å². The number of rotatable bonds is 4. The zero-order chi connectivity index (χ0) is 11.7. The molecule has 0 amide bonds. The Labute approximate surface area is 94.0 Å². The fraction of sp³-hybridized carbons (Fsp3) is 0.545. The van der Waals surface area contributed by atoms with Gasteiger partial charge in [0.25, 0.3) is 0 Å². The molecule has 0 aromatic carbocycles. The van der Waals surface area contributed by atoms with E-state index in [0.717, 1.165) is 5.56 Å². The van der Waals surface area contributed by atoms with E-state index in [1.165, 1.54) is 12.8 Å². The lowest BCUT2D eigenvalue weighted by atomic mass is 10.2. The first-order valence-corrected chi connectivity index (χ1v) is 5.45. The molecule has 1 atom stereocenters. The highest BCUT2D eigenvalue weighted by molar-refractivity contribution is 5.57. The summed E-state index contributed by atoms with van der Waals surface area (Å²) in [5.41, 5.74) is 0.865. The van der Waals surface area contributed by atoms with Gasteiger partial charge in [-0.05, 0) is 38.2 Å². The molecule has 0 saturated heterocycles. The molecule has 0 spiro atoms. The molecular formula is C11H15N3O2. The second-order valence-electron chi connectivity index (χ2n) is 4.41. The molecule has 1 saturated carbocycles. The van der Waals surface area contributed by atoms with Crippen molar-refractivity contribution >= 4 is 11.5 Å². The first-order chi connectivity index (χ1) is 7.58. The minimum atomic E-state index is -0.387. The molecule has 0 aliphatic heterocycles. The van der Waals surface area contributed by atoms with Gasteiger partial charge in [0.1, 0.15) is 0 Å². The fourth-order valence-corrected chi connectivity index (χ4v) is 1.73. The maximum Gasteiger partial charge on any atom is 0.311 e. The van der Waals surface area contributed by atoms with E-state index in [-0.39, 0.29) is 16.7 Å². The summed E-state index contributed by atoms with van der Waals surface area (Å²) in [4.78, 5) is 14.6. The fourth-order valence-electron chi connectivity index (χ4n) is 1.73. The summed E-state index contributed by atoms with van der Waals surface area (Å²) in [6, 6.07) is 1.81. The molecule has 0 radical (unpaired) electrons. The van der Waals surface area contributed by atoms with E-state index in [1.54, 1.807) is 19.2 Å². The van der Waals surface area contributed by atoms with E-state index in [2.05, 4.69) is 10.3 Å². The van der Waals surface area contributed by atoms with Crippen LogP contribution in [0.25, 0.3) is 0 Å². The molecule has 16 heavy (non-hydrogen) atoms. The lowest BCUT2D eigenvalue weighted by Crippen LogP contribution is -2.19. The molecule has 1 N–H and O–H groups in total. The van der Waals surface area contributed by atoms with Crippen LogP contribution in [0.4, 0.5) is 11.5 Å². The summed E-state index contributed by atoms with van der Waals surface area (Å²) < 4.78 is 0. The summed E-state index contributed by atoms with van der Waals surface area (Å²) in [5, 5.41) is 14.0. The zero-order valence-electron chi connectivity index (χ0n) is 9.43. The van der Waals surface area contributed by atoms with Crippen molar-refractivity contribution in [3.8, 4) is 0 Å². The van der Waals surface area contributed by atoms with E-state index in [0.29, 0.717) is 11.7 Å². The van der Waals surface area contributed by atoms with Crippen molar-refractivity contribution < 1.29 is 4.92 Å². The number of nitrogens with one attached hydrogen (secondary N) is 1. The van der Waals surface area contributed by atoms with Crippen LogP contribution in [0.1, 0.15) is 25.3 Å². The molecule has 1 fully saturated rings. The first-order valence-electron chi connectivity index (χ1n) is 5.45. The van der Waals surface area contributed by atoms with Crippen molar-refractivity contribution in [1.82, 2.24) is 4.98 Å². The minimum Gasteiger partial charge on any atom is -0.362 e.